The summed E-state index contributed by atoms with van der Waals surface area (Å²) in [5.41, 5.74) is 1.87. The molecular weight excluding hydrogens is 457 g/mol. The number of amidine groups is 1. The number of hydrogen-bond acceptors (Lipinski definition) is 7. The normalized spacial score (nSPS) is 28.2. The second-order valence-corrected chi connectivity index (χ2v) is 9.08. The Labute approximate surface area is 193 Å². The minimum atomic E-state index is -4.80. The quantitative estimate of drug-likeness (QED) is 0.588. The lowest BCUT2D eigenvalue weighted by molar-refractivity contribution is -0.286. The van der Waals surface area contributed by atoms with Gasteiger partial charge in [-0.1, -0.05) is 66.4 Å². The van der Waals surface area contributed by atoms with Gasteiger partial charge in [0.25, 0.3) is 0 Å². The molecule has 6 atom stereocenters. The first kappa shape index (κ1) is 24.0. The number of aliphatic hydroxyl groups excluding tert-OH is 2. The predicted molar refractivity (Wildman–Crippen MR) is 119 cm³/mol. The maximum atomic E-state index is 13.9. The van der Waals surface area contributed by atoms with E-state index in [2.05, 4.69) is 10.3 Å². The van der Waals surface area contributed by atoms with E-state index in [1.165, 1.54) is 0 Å². The van der Waals surface area contributed by atoms with Gasteiger partial charge in [-0.3, -0.25) is 4.99 Å². The first-order valence-corrected chi connectivity index (χ1v) is 11.4. The van der Waals surface area contributed by atoms with Crippen LogP contribution in [0.1, 0.15) is 16.7 Å². The van der Waals surface area contributed by atoms with Crippen LogP contribution in [0.2, 0.25) is 0 Å². The molecule has 6 nitrogen and oxygen atoms in total. The van der Waals surface area contributed by atoms with Gasteiger partial charge in [-0.2, -0.15) is 13.2 Å². The molecule has 0 saturated carbocycles. The molecular formula is C23H25F3N2O4S. The number of hydrogen-bond donors (Lipinski definition) is 3. The molecule has 4 rings (SSSR count). The number of ether oxygens (including phenoxy) is 2. The van der Waals surface area contributed by atoms with E-state index in [1.54, 1.807) is 19.2 Å². The first-order chi connectivity index (χ1) is 15.8. The minimum absolute atomic E-state index is 0.321. The zero-order valence-electron chi connectivity index (χ0n) is 17.8. The van der Waals surface area contributed by atoms with Crippen LogP contribution < -0.4 is 5.32 Å². The molecule has 2 aromatic carbocycles. The van der Waals surface area contributed by atoms with E-state index < -0.39 is 42.1 Å². The molecule has 0 amide bonds. The van der Waals surface area contributed by atoms with Gasteiger partial charge in [-0.05, 0) is 23.1 Å². The van der Waals surface area contributed by atoms with Crippen LogP contribution in [0.4, 0.5) is 13.2 Å². The van der Waals surface area contributed by atoms with E-state index in [0.717, 1.165) is 22.9 Å². The summed E-state index contributed by atoms with van der Waals surface area (Å²) < 4.78 is 52.3. The van der Waals surface area contributed by atoms with Crippen LogP contribution in [0.5, 0.6) is 0 Å². The summed E-state index contributed by atoms with van der Waals surface area (Å²) >= 11 is 1.07. The van der Waals surface area contributed by atoms with Crippen molar-refractivity contribution in [3.05, 3.63) is 71.3 Å². The number of rotatable bonds is 6. The molecule has 0 aromatic heterocycles. The summed E-state index contributed by atoms with van der Waals surface area (Å²) in [6, 6.07) is 16.1. The van der Waals surface area contributed by atoms with Gasteiger partial charge in [0.2, 0.25) is 0 Å². The topological polar surface area (TPSA) is 83.3 Å². The molecule has 0 radical (unpaired) electrons. The summed E-state index contributed by atoms with van der Waals surface area (Å²) in [5.74, 6) is 0. The number of fused-ring (bicyclic) bond motifs is 1. The number of benzene rings is 2. The van der Waals surface area contributed by atoms with Crippen molar-refractivity contribution in [3.8, 4) is 0 Å². The van der Waals surface area contributed by atoms with Crippen LogP contribution in [0.3, 0.4) is 0 Å². The average molecular weight is 483 g/mol. The van der Waals surface area contributed by atoms with Crippen molar-refractivity contribution in [3.63, 3.8) is 0 Å². The monoisotopic (exact) mass is 482 g/mol. The Kier molecular flexibility index (Phi) is 7.30. The highest BCUT2D eigenvalue weighted by molar-refractivity contribution is 8.14. The number of thioether (sulfide) groups is 1. The second kappa shape index (κ2) is 10.0. The molecule has 1 saturated heterocycles. The fraction of sp³-hybridized carbons (Fsp3) is 0.435. The highest BCUT2D eigenvalue weighted by Crippen LogP contribution is 2.40. The lowest BCUT2D eigenvalue weighted by Crippen LogP contribution is -2.61. The van der Waals surface area contributed by atoms with E-state index >= 15 is 0 Å². The molecule has 33 heavy (non-hydrogen) atoms. The standard InChI is InChI=1S/C23H25F3N2O4S/c1-27-22-28-16-17(29)18(30)19(32-21(16)33-22)20(23(24,25)26)31-12-15-9-7-14(8-10-15)11-13-5-3-2-4-6-13/h2-10,16-21,29-30H,11-12H2,1H3,(H,27,28)/t16-,17-,18+,19?,20-,21-/m1/s1. The van der Waals surface area contributed by atoms with Crippen molar-refractivity contribution in [1.29, 1.82) is 0 Å². The molecule has 2 aliphatic heterocycles. The second-order valence-electron chi connectivity index (χ2n) is 8.00. The molecule has 2 heterocycles. The highest BCUT2D eigenvalue weighted by atomic mass is 32.2. The predicted octanol–water partition coefficient (Wildman–Crippen LogP) is 2.86. The number of aliphatic imine (C=N–C) groups is 1. The maximum Gasteiger partial charge on any atom is 0.417 e. The molecule has 0 aliphatic carbocycles. The fourth-order valence-corrected chi connectivity index (χ4v) is 4.97. The Hall–Kier alpha value is -2.11. The molecule has 10 heteroatoms. The molecule has 0 spiro atoms. The smallest absolute Gasteiger partial charge is 0.388 e. The third kappa shape index (κ3) is 5.52. The van der Waals surface area contributed by atoms with Crippen LogP contribution in [-0.2, 0) is 22.5 Å². The lowest BCUT2D eigenvalue weighted by atomic mass is 9.94. The summed E-state index contributed by atoms with van der Waals surface area (Å²) in [6.07, 6.45) is -11.6. The van der Waals surface area contributed by atoms with Crippen molar-refractivity contribution in [2.24, 2.45) is 4.99 Å². The van der Waals surface area contributed by atoms with E-state index in [4.69, 9.17) is 9.47 Å². The molecule has 0 bridgehead atoms. The Morgan fingerprint density at radius 1 is 1.03 bits per heavy atom. The van der Waals surface area contributed by atoms with Gasteiger partial charge < -0.3 is 25.0 Å². The van der Waals surface area contributed by atoms with E-state index in [9.17, 15) is 23.4 Å². The number of alkyl halides is 3. The minimum Gasteiger partial charge on any atom is -0.388 e. The number of nitrogens with one attached hydrogen (secondary N) is 1. The van der Waals surface area contributed by atoms with Crippen molar-refractivity contribution in [1.82, 2.24) is 5.32 Å². The Balaban J connectivity index is 1.42. The van der Waals surface area contributed by atoms with Crippen LogP contribution in [0.25, 0.3) is 0 Å². The lowest BCUT2D eigenvalue weighted by Gasteiger charge is -2.41. The van der Waals surface area contributed by atoms with E-state index in [-0.39, 0.29) is 6.61 Å². The number of aliphatic hydroxyl groups is 2. The van der Waals surface area contributed by atoms with Gasteiger partial charge in [0, 0.05) is 7.05 Å². The van der Waals surface area contributed by atoms with Crippen LogP contribution in [0, 0.1) is 0 Å². The SMILES string of the molecule is CNC1=N[C@@H]2[C@@H](O)[C@H](O)C([C@@H](OCc3ccc(Cc4ccccc4)cc3)C(F)(F)F)O[C@@H]2S1. The zero-order chi connectivity index (χ0) is 23.6. The molecule has 1 unspecified atom stereocenters. The van der Waals surface area contributed by atoms with Gasteiger partial charge in [-0.15, -0.1) is 0 Å². The Morgan fingerprint density at radius 3 is 2.30 bits per heavy atom. The summed E-state index contributed by atoms with van der Waals surface area (Å²) in [5, 5.41) is 24.0. The fourth-order valence-electron chi connectivity index (χ4n) is 3.90. The van der Waals surface area contributed by atoms with Crippen LogP contribution in [0.15, 0.2) is 59.6 Å². The van der Waals surface area contributed by atoms with Gasteiger partial charge >= 0.3 is 6.18 Å². The first-order valence-electron chi connectivity index (χ1n) is 10.5. The zero-order valence-corrected chi connectivity index (χ0v) is 18.6. The largest absolute Gasteiger partial charge is 0.417 e. The Bertz CT molecular complexity index is 958. The van der Waals surface area contributed by atoms with Crippen molar-refractivity contribution in [2.45, 2.75) is 55.1 Å². The van der Waals surface area contributed by atoms with Crippen molar-refractivity contribution in [2.75, 3.05) is 7.05 Å². The molecule has 2 aromatic rings. The van der Waals surface area contributed by atoms with E-state index in [1.807, 2.05) is 42.5 Å². The van der Waals surface area contributed by atoms with Crippen LogP contribution in [-0.4, -0.2) is 64.5 Å². The molecule has 3 N–H and O–H groups in total. The molecule has 178 valence electrons. The third-order valence-corrected chi connectivity index (χ3v) is 6.79. The van der Waals surface area contributed by atoms with Crippen molar-refractivity contribution < 1.29 is 32.9 Å². The van der Waals surface area contributed by atoms with Gasteiger partial charge in [0.1, 0.15) is 29.8 Å². The van der Waals surface area contributed by atoms with Gasteiger partial charge in [0.05, 0.1) is 6.61 Å². The Morgan fingerprint density at radius 2 is 1.67 bits per heavy atom. The highest BCUT2D eigenvalue weighted by Gasteiger charge is 2.57. The van der Waals surface area contributed by atoms with Gasteiger partial charge in [-0.25, -0.2) is 0 Å². The molecule has 1 fully saturated rings. The number of halogens is 3. The average Bonchev–Trinajstić information content (AvgIpc) is 3.21. The van der Waals surface area contributed by atoms with Crippen molar-refractivity contribution >= 4 is 16.9 Å². The van der Waals surface area contributed by atoms with Crippen LogP contribution >= 0.6 is 11.8 Å². The summed E-state index contributed by atoms with van der Waals surface area (Å²) in [4.78, 5) is 4.16. The summed E-state index contributed by atoms with van der Waals surface area (Å²) in [7, 11) is 1.61. The number of nitrogens with zero attached hydrogens (tertiary/aromatic N) is 1. The maximum absolute atomic E-state index is 13.9. The summed E-state index contributed by atoms with van der Waals surface area (Å²) in [6.45, 7) is -0.321. The van der Waals surface area contributed by atoms with Gasteiger partial charge in [0.15, 0.2) is 11.3 Å². The third-order valence-electron chi connectivity index (χ3n) is 5.64. The molecule has 2 aliphatic rings. The van der Waals surface area contributed by atoms with E-state index in [0.29, 0.717) is 17.2 Å².